The highest BCUT2D eigenvalue weighted by Gasteiger charge is 2.20. The molecule has 1 aromatic rings. The molecule has 0 atom stereocenters. The predicted octanol–water partition coefficient (Wildman–Crippen LogP) is 1.97. The van der Waals surface area contributed by atoms with Crippen molar-refractivity contribution in [3.8, 4) is 0 Å². The van der Waals surface area contributed by atoms with Crippen LogP contribution in [0, 0.1) is 10.1 Å². The molecule has 1 heterocycles. The van der Waals surface area contributed by atoms with Gasteiger partial charge in [0.05, 0.1) is 10.5 Å². The Morgan fingerprint density at radius 1 is 1.61 bits per heavy atom. The van der Waals surface area contributed by atoms with Crippen molar-refractivity contribution in [2.24, 2.45) is 10.9 Å². The van der Waals surface area contributed by atoms with Crippen LogP contribution in [-0.4, -0.2) is 25.7 Å². The number of rotatable bonds is 3. The minimum absolute atomic E-state index is 0.145. The number of hydrogen-bond donors (Lipinski definition) is 2. The van der Waals surface area contributed by atoms with Gasteiger partial charge in [-0.1, -0.05) is 37.7 Å². The maximum absolute atomic E-state index is 10.7. The van der Waals surface area contributed by atoms with Crippen LogP contribution in [0.25, 0.3) is 0 Å². The largest absolute Gasteiger partial charge is 0.409 e. The summed E-state index contributed by atoms with van der Waals surface area (Å²) in [5.74, 6) is -0.196. The Kier molecular flexibility index (Phi) is 4.12. The van der Waals surface area contributed by atoms with Gasteiger partial charge in [-0.15, -0.1) is 0 Å². The Labute approximate surface area is 108 Å². The van der Waals surface area contributed by atoms with E-state index in [2.05, 4.69) is 10.1 Å². The van der Waals surface area contributed by atoms with Crippen LogP contribution in [0.2, 0.25) is 0 Å². The Hall–Kier alpha value is -1.83. The first-order valence-electron chi connectivity index (χ1n) is 5.06. The maximum atomic E-state index is 10.7. The molecule has 1 aromatic heterocycles. The second-order valence-corrected chi connectivity index (χ2v) is 6.32. The Morgan fingerprint density at radius 2 is 2.22 bits per heavy atom. The van der Waals surface area contributed by atoms with E-state index in [0.29, 0.717) is 5.03 Å². The summed E-state index contributed by atoms with van der Waals surface area (Å²) in [6.45, 7) is 5.91. The van der Waals surface area contributed by atoms with Crippen molar-refractivity contribution in [1.29, 1.82) is 0 Å². The third-order valence-corrected chi connectivity index (χ3v) is 2.97. The van der Waals surface area contributed by atoms with Crippen LogP contribution in [0.15, 0.2) is 22.4 Å². The summed E-state index contributed by atoms with van der Waals surface area (Å²) in [6.07, 6.45) is 1.15. The van der Waals surface area contributed by atoms with Gasteiger partial charge in [0.1, 0.15) is 11.2 Å². The van der Waals surface area contributed by atoms with Gasteiger partial charge < -0.3 is 10.9 Å². The molecule has 7 nitrogen and oxygen atoms in total. The quantitative estimate of drug-likeness (QED) is 0.217. The van der Waals surface area contributed by atoms with Gasteiger partial charge in [0.2, 0.25) is 0 Å². The lowest BCUT2D eigenvalue weighted by atomic mass is 10.2. The summed E-state index contributed by atoms with van der Waals surface area (Å²) in [5.41, 5.74) is 5.56. The number of hydrogen-bond acceptors (Lipinski definition) is 6. The molecule has 0 bridgehead atoms. The van der Waals surface area contributed by atoms with Crippen LogP contribution in [0.4, 0.5) is 5.69 Å². The summed E-state index contributed by atoms with van der Waals surface area (Å²) < 4.78 is -0.145. The van der Waals surface area contributed by atoms with Crippen molar-refractivity contribution in [3.63, 3.8) is 0 Å². The fourth-order valence-corrected chi connectivity index (χ4v) is 2.11. The molecule has 0 amide bonds. The lowest BCUT2D eigenvalue weighted by Gasteiger charge is -2.18. The molecule has 0 saturated heterocycles. The minimum atomic E-state index is -0.577. The molecule has 0 aliphatic heterocycles. The Bertz CT molecular complexity index is 496. The number of nitrogens with two attached hydrogens (primary N) is 1. The van der Waals surface area contributed by atoms with Crippen molar-refractivity contribution < 1.29 is 10.1 Å². The molecular weight excluding hydrogens is 256 g/mol. The Balaban J connectivity index is 3.30. The topological polar surface area (TPSA) is 115 Å². The van der Waals surface area contributed by atoms with E-state index >= 15 is 0 Å². The number of nitro groups is 1. The van der Waals surface area contributed by atoms with Gasteiger partial charge in [0.15, 0.2) is 5.84 Å². The minimum Gasteiger partial charge on any atom is -0.409 e. The van der Waals surface area contributed by atoms with Crippen LogP contribution in [0.1, 0.15) is 26.3 Å². The number of thioether (sulfide) groups is 1. The van der Waals surface area contributed by atoms with Gasteiger partial charge in [0.25, 0.3) is 5.69 Å². The zero-order chi connectivity index (χ0) is 13.9. The van der Waals surface area contributed by atoms with E-state index in [1.165, 1.54) is 17.8 Å². The van der Waals surface area contributed by atoms with Gasteiger partial charge in [0, 0.05) is 10.8 Å². The van der Waals surface area contributed by atoms with Gasteiger partial charge >= 0.3 is 0 Å². The standard InChI is InChI=1S/C10H14N4O3S/c1-10(2,3)18-9-7(8(11)13-15)4-6(5-12-9)14(16)17/h4-5,15H,1-3H3,(H2,11,13). The van der Waals surface area contributed by atoms with E-state index in [-0.39, 0.29) is 21.8 Å². The van der Waals surface area contributed by atoms with Crippen LogP contribution >= 0.6 is 11.8 Å². The van der Waals surface area contributed by atoms with Crippen LogP contribution in [-0.2, 0) is 0 Å². The molecule has 0 aliphatic carbocycles. The molecule has 98 valence electrons. The summed E-state index contributed by atoms with van der Waals surface area (Å²) in [6, 6.07) is 1.25. The van der Waals surface area contributed by atoms with Crippen LogP contribution in [0.3, 0.4) is 0 Å². The van der Waals surface area contributed by atoms with Crippen LogP contribution in [0.5, 0.6) is 0 Å². The molecule has 0 fully saturated rings. The average Bonchev–Trinajstić information content (AvgIpc) is 2.26. The summed E-state index contributed by atoms with van der Waals surface area (Å²) >= 11 is 1.39. The normalized spacial score (nSPS) is 12.5. The number of amidine groups is 1. The van der Waals surface area contributed by atoms with Gasteiger partial charge in [-0.05, 0) is 0 Å². The van der Waals surface area contributed by atoms with Crippen molar-refractivity contribution in [3.05, 3.63) is 27.9 Å². The van der Waals surface area contributed by atoms with Crippen molar-refractivity contribution >= 4 is 23.3 Å². The molecule has 0 saturated carbocycles. The first kappa shape index (κ1) is 14.2. The van der Waals surface area contributed by atoms with Gasteiger partial charge in [-0.25, -0.2) is 4.98 Å². The zero-order valence-corrected chi connectivity index (χ0v) is 11.1. The Morgan fingerprint density at radius 3 is 2.67 bits per heavy atom. The van der Waals surface area contributed by atoms with Crippen LogP contribution < -0.4 is 5.73 Å². The predicted molar refractivity (Wildman–Crippen MR) is 69.0 cm³/mol. The molecule has 8 heteroatoms. The second-order valence-electron chi connectivity index (χ2n) is 4.50. The lowest BCUT2D eigenvalue weighted by Crippen LogP contribution is -2.17. The molecule has 0 aromatic carbocycles. The van der Waals surface area contributed by atoms with E-state index in [1.807, 2.05) is 20.8 Å². The zero-order valence-electron chi connectivity index (χ0n) is 10.2. The van der Waals surface area contributed by atoms with E-state index in [0.717, 1.165) is 6.20 Å². The molecular formula is C10H14N4O3S. The average molecular weight is 270 g/mol. The summed E-state index contributed by atoms with van der Waals surface area (Å²) in [7, 11) is 0. The van der Waals surface area contributed by atoms with E-state index in [4.69, 9.17) is 10.9 Å². The molecule has 0 spiro atoms. The van der Waals surface area contributed by atoms with E-state index < -0.39 is 4.92 Å². The highest BCUT2D eigenvalue weighted by molar-refractivity contribution is 8.00. The lowest BCUT2D eigenvalue weighted by molar-refractivity contribution is -0.385. The van der Waals surface area contributed by atoms with Crippen molar-refractivity contribution in [2.75, 3.05) is 0 Å². The van der Waals surface area contributed by atoms with E-state index in [1.54, 1.807) is 0 Å². The fourth-order valence-electron chi connectivity index (χ4n) is 1.15. The third kappa shape index (κ3) is 3.59. The van der Waals surface area contributed by atoms with Crippen molar-refractivity contribution in [1.82, 2.24) is 4.98 Å². The molecule has 18 heavy (non-hydrogen) atoms. The molecule has 1 rings (SSSR count). The number of oxime groups is 1. The first-order valence-corrected chi connectivity index (χ1v) is 5.87. The monoisotopic (exact) mass is 270 g/mol. The third-order valence-electron chi connectivity index (χ3n) is 1.83. The first-order chi connectivity index (χ1) is 8.24. The number of nitrogens with zero attached hydrogens (tertiary/aromatic N) is 3. The molecule has 3 N–H and O–H groups in total. The van der Waals surface area contributed by atoms with E-state index in [9.17, 15) is 10.1 Å². The maximum Gasteiger partial charge on any atom is 0.288 e. The second kappa shape index (κ2) is 5.21. The summed E-state index contributed by atoms with van der Waals surface area (Å²) in [5, 5.41) is 22.7. The van der Waals surface area contributed by atoms with Gasteiger partial charge in [-0.3, -0.25) is 10.1 Å². The van der Waals surface area contributed by atoms with Gasteiger partial charge in [-0.2, -0.15) is 0 Å². The number of aromatic nitrogens is 1. The number of pyridine rings is 1. The molecule has 0 radical (unpaired) electrons. The highest BCUT2D eigenvalue weighted by atomic mass is 32.2. The smallest absolute Gasteiger partial charge is 0.288 e. The molecule has 0 unspecified atom stereocenters. The van der Waals surface area contributed by atoms with Crippen molar-refractivity contribution in [2.45, 2.75) is 30.5 Å². The highest BCUT2D eigenvalue weighted by Crippen LogP contribution is 2.33. The SMILES string of the molecule is CC(C)(C)Sc1ncc([N+](=O)[O-])cc1/C(N)=N/O. The summed E-state index contributed by atoms with van der Waals surface area (Å²) in [4.78, 5) is 14.1. The molecule has 0 aliphatic rings. The fraction of sp³-hybridized carbons (Fsp3) is 0.400.